The Bertz CT molecular complexity index is 1030. The summed E-state index contributed by atoms with van der Waals surface area (Å²) >= 11 is 0. The molecule has 0 saturated carbocycles. The Morgan fingerprint density at radius 1 is 1.04 bits per heavy atom. The first-order valence-corrected chi connectivity index (χ1v) is 9.21. The highest BCUT2D eigenvalue weighted by Crippen LogP contribution is 2.33. The third-order valence-corrected chi connectivity index (χ3v) is 5.12. The number of aromatic nitrogens is 1. The number of furan rings is 1. The Morgan fingerprint density at radius 2 is 2.00 bits per heavy atom. The molecule has 26 heavy (non-hydrogen) atoms. The number of nitrogens with zero attached hydrogens (tertiary/aromatic N) is 1. The SMILES string of the molecule is c1ccc2oc(-c3cncc4ccc(NC5CCCNC5)cc34)cc2c1. The lowest BCUT2D eigenvalue weighted by molar-refractivity contribution is 0.480. The van der Waals surface area contributed by atoms with Crippen LogP contribution in [0, 0.1) is 0 Å². The molecule has 0 amide bonds. The second-order valence-corrected chi connectivity index (χ2v) is 6.96. The Labute approximate surface area is 152 Å². The molecule has 1 aliphatic heterocycles. The van der Waals surface area contributed by atoms with Gasteiger partial charge in [-0.15, -0.1) is 0 Å². The average molecular weight is 343 g/mol. The van der Waals surface area contributed by atoms with Gasteiger partial charge in [-0.1, -0.05) is 24.3 Å². The summed E-state index contributed by atoms with van der Waals surface area (Å²) in [6, 6.07) is 17.2. The summed E-state index contributed by atoms with van der Waals surface area (Å²) in [6.07, 6.45) is 6.23. The number of fused-ring (bicyclic) bond motifs is 2. The maximum Gasteiger partial charge on any atom is 0.137 e. The quantitative estimate of drug-likeness (QED) is 0.560. The number of para-hydroxylation sites is 1. The summed E-state index contributed by atoms with van der Waals surface area (Å²) < 4.78 is 6.08. The number of benzene rings is 2. The largest absolute Gasteiger partial charge is 0.456 e. The third-order valence-electron chi connectivity index (χ3n) is 5.12. The summed E-state index contributed by atoms with van der Waals surface area (Å²) in [5.41, 5.74) is 3.08. The van der Waals surface area contributed by atoms with E-state index in [2.05, 4.69) is 45.9 Å². The second-order valence-electron chi connectivity index (χ2n) is 6.96. The Balaban J connectivity index is 1.57. The zero-order valence-electron chi connectivity index (χ0n) is 14.5. The molecule has 1 saturated heterocycles. The van der Waals surface area contributed by atoms with E-state index in [0.29, 0.717) is 6.04 Å². The van der Waals surface area contributed by atoms with E-state index < -0.39 is 0 Å². The molecule has 4 aromatic rings. The van der Waals surface area contributed by atoms with Crippen LogP contribution < -0.4 is 10.6 Å². The van der Waals surface area contributed by atoms with Crippen molar-refractivity contribution in [3.63, 3.8) is 0 Å². The van der Waals surface area contributed by atoms with Gasteiger partial charge < -0.3 is 15.1 Å². The van der Waals surface area contributed by atoms with Gasteiger partial charge in [0.2, 0.25) is 0 Å². The number of hydrogen-bond donors (Lipinski definition) is 2. The first-order valence-electron chi connectivity index (χ1n) is 9.21. The van der Waals surface area contributed by atoms with Gasteiger partial charge in [0.15, 0.2) is 0 Å². The van der Waals surface area contributed by atoms with Gasteiger partial charge in [-0.25, -0.2) is 0 Å². The minimum absolute atomic E-state index is 0.484. The molecule has 130 valence electrons. The molecule has 4 nitrogen and oxygen atoms in total. The van der Waals surface area contributed by atoms with Gasteiger partial charge in [0.25, 0.3) is 0 Å². The monoisotopic (exact) mass is 343 g/mol. The Morgan fingerprint density at radius 3 is 2.88 bits per heavy atom. The molecular formula is C22H21N3O. The molecule has 5 rings (SSSR count). The summed E-state index contributed by atoms with van der Waals surface area (Å²) in [4.78, 5) is 4.41. The van der Waals surface area contributed by atoms with Gasteiger partial charge >= 0.3 is 0 Å². The van der Waals surface area contributed by atoms with Gasteiger partial charge in [-0.05, 0) is 49.0 Å². The fourth-order valence-electron chi connectivity index (χ4n) is 3.78. The van der Waals surface area contributed by atoms with E-state index in [-0.39, 0.29) is 0 Å². The van der Waals surface area contributed by atoms with Crippen molar-refractivity contribution >= 4 is 27.4 Å². The number of rotatable bonds is 3. The van der Waals surface area contributed by atoms with Crippen LogP contribution >= 0.6 is 0 Å². The highest BCUT2D eigenvalue weighted by Gasteiger charge is 2.14. The smallest absolute Gasteiger partial charge is 0.137 e. The molecule has 2 N–H and O–H groups in total. The van der Waals surface area contributed by atoms with Crippen molar-refractivity contribution in [2.45, 2.75) is 18.9 Å². The van der Waals surface area contributed by atoms with Gasteiger partial charge in [0.05, 0.1) is 0 Å². The number of piperidine rings is 1. The van der Waals surface area contributed by atoms with Crippen LogP contribution in [0.2, 0.25) is 0 Å². The van der Waals surface area contributed by atoms with Crippen LogP contribution in [0.25, 0.3) is 33.1 Å². The molecular weight excluding hydrogens is 322 g/mol. The third kappa shape index (κ3) is 2.82. The lowest BCUT2D eigenvalue weighted by Crippen LogP contribution is -2.38. The molecule has 4 heteroatoms. The van der Waals surface area contributed by atoms with Gasteiger partial charge in [-0.3, -0.25) is 4.98 Å². The Kier molecular flexibility index (Phi) is 3.83. The van der Waals surface area contributed by atoms with Crippen molar-refractivity contribution in [2.75, 3.05) is 18.4 Å². The van der Waals surface area contributed by atoms with Crippen molar-refractivity contribution < 1.29 is 4.42 Å². The van der Waals surface area contributed by atoms with E-state index in [1.807, 2.05) is 30.6 Å². The van der Waals surface area contributed by atoms with E-state index in [1.54, 1.807) is 0 Å². The number of anilines is 1. The standard InChI is InChI=1S/C22H21N3O/c1-2-6-21-15(4-1)10-22(26-21)20-14-24-12-16-7-8-17(11-19(16)20)25-18-5-3-9-23-13-18/h1-2,4,6-8,10-12,14,18,23,25H,3,5,9,13H2. The van der Waals surface area contributed by atoms with E-state index in [1.165, 1.54) is 12.8 Å². The van der Waals surface area contributed by atoms with Crippen LogP contribution in [-0.4, -0.2) is 24.1 Å². The van der Waals surface area contributed by atoms with E-state index in [4.69, 9.17) is 4.42 Å². The maximum absolute atomic E-state index is 6.08. The fraction of sp³-hybridized carbons (Fsp3) is 0.227. The number of hydrogen-bond acceptors (Lipinski definition) is 4. The molecule has 0 aliphatic carbocycles. The highest BCUT2D eigenvalue weighted by molar-refractivity contribution is 5.98. The molecule has 2 aromatic carbocycles. The summed E-state index contributed by atoms with van der Waals surface area (Å²) in [5.74, 6) is 0.862. The lowest BCUT2D eigenvalue weighted by Gasteiger charge is -2.25. The van der Waals surface area contributed by atoms with Crippen molar-refractivity contribution in [1.82, 2.24) is 10.3 Å². The van der Waals surface area contributed by atoms with Gasteiger partial charge in [-0.2, -0.15) is 0 Å². The molecule has 0 spiro atoms. The molecule has 0 bridgehead atoms. The first-order chi connectivity index (χ1) is 12.9. The molecule has 1 unspecified atom stereocenters. The minimum Gasteiger partial charge on any atom is -0.456 e. The summed E-state index contributed by atoms with van der Waals surface area (Å²) in [5, 5.41) is 10.5. The van der Waals surface area contributed by atoms with Crippen molar-refractivity contribution in [2.24, 2.45) is 0 Å². The van der Waals surface area contributed by atoms with Gasteiger partial charge in [0, 0.05) is 47.0 Å². The molecule has 1 atom stereocenters. The minimum atomic E-state index is 0.484. The molecule has 1 aliphatic rings. The maximum atomic E-state index is 6.08. The topological polar surface area (TPSA) is 50.1 Å². The summed E-state index contributed by atoms with van der Waals surface area (Å²) in [6.45, 7) is 2.14. The zero-order valence-corrected chi connectivity index (χ0v) is 14.5. The first kappa shape index (κ1) is 15.4. The van der Waals surface area contributed by atoms with Crippen LogP contribution in [0.1, 0.15) is 12.8 Å². The number of nitrogens with one attached hydrogen (secondary N) is 2. The van der Waals surface area contributed by atoms with Crippen molar-refractivity contribution in [3.8, 4) is 11.3 Å². The van der Waals surface area contributed by atoms with E-state index in [0.717, 1.165) is 51.8 Å². The van der Waals surface area contributed by atoms with E-state index >= 15 is 0 Å². The predicted molar refractivity (Wildman–Crippen MR) is 106 cm³/mol. The van der Waals surface area contributed by atoms with Crippen LogP contribution in [0.15, 0.2) is 65.3 Å². The molecule has 1 fully saturated rings. The summed E-state index contributed by atoms with van der Waals surface area (Å²) in [7, 11) is 0. The normalized spacial score (nSPS) is 17.6. The van der Waals surface area contributed by atoms with Gasteiger partial charge in [0.1, 0.15) is 11.3 Å². The van der Waals surface area contributed by atoms with Crippen LogP contribution in [0.4, 0.5) is 5.69 Å². The molecule has 2 aromatic heterocycles. The highest BCUT2D eigenvalue weighted by atomic mass is 16.3. The zero-order chi connectivity index (χ0) is 17.3. The van der Waals surface area contributed by atoms with Crippen molar-refractivity contribution in [1.29, 1.82) is 0 Å². The van der Waals surface area contributed by atoms with Crippen LogP contribution in [-0.2, 0) is 0 Å². The molecule has 0 radical (unpaired) electrons. The second kappa shape index (κ2) is 6.46. The lowest BCUT2D eigenvalue weighted by atomic mass is 10.0. The molecule has 3 heterocycles. The van der Waals surface area contributed by atoms with E-state index in [9.17, 15) is 0 Å². The van der Waals surface area contributed by atoms with Crippen molar-refractivity contribution in [3.05, 3.63) is 60.9 Å². The number of pyridine rings is 1. The fourth-order valence-corrected chi connectivity index (χ4v) is 3.78. The Hall–Kier alpha value is -2.85. The van der Waals surface area contributed by atoms with Crippen LogP contribution in [0.3, 0.4) is 0 Å². The predicted octanol–water partition coefficient (Wildman–Crippen LogP) is 4.81. The van der Waals surface area contributed by atoms with Crippen LogP contribution in [0.5, 0.6) is 0 Å². The average Bonchev–Trinajstić information content (AvgIpc) is 3.12.